The van der Waals surface area contributed by atoms with Crippen LogP contribution in [-0.2, 0) is 0 Å². The van der Waals surface area contributed by atoms with E-state index in [0.717, 1.165) is 18.2 Å². The standard InChI is InChI=1S/C9H6O6.Al.3H/c10-7(11)4-1-5(8(12)13)3-6(2-4)9(14)15;;;;/h1-3H,(H,10,11)(H,12,13)(H,14,15);;;;. The van der Waals surface area contributed by atoms with Crippen molar-refractivity contribution >= 4 is 35.3 Å². The quantitative estimate of drug-likeness (QED) is 0.619. The normalized spacial score (nSPS) is 9.00. The van der Waals surface area contributed by atoms with E-state index in [1.54, 1.807) is 0 Å². The molecular formula is C9H9AlO6. The van der Waals surface area contributed by atoms with Crippen LogP contribution in [0.15, 0.2) is 18.2 Å². The summed E-state index contributed by atoms with van der Waals surface area (Å²) in [6, 6.07) is 2.70. The van der Waals surface area contributed by atoms with E-state index in [2.05, 4.69) is 0 Å². The number of aromatic carboxylic acids is 3. The van der Waals surface area contributed by atoms with Gasteiger partial charge >= 0.3 is 17.9 Å². The van der Waals surface area contributed by atoms with Gasteiger partial charge in [0, 0.05) is 0 Å². The van der Waals surface area contributed by atoms with E-state index in [4.69, 9.17) is 15.3 Å². The lowest BCUT2D eigenvalue weighted by Crippen LogP contribution is -2.07. The molecule has 0 aliphatic heterocycles. The van der Waals surface area contributed by atoms with Crippen molar-refractivity contribution < 1.29 is 29.7 Å². The molecule has 0 aliphatic rings. The molecule has 0 saturated heterocycles. The average Bonchev–Trinajstić information content (AvgIpc) is 2.16. The monoisotopic (exact) mass is 240 g/mol. The summed E-state index contributed by atoms with van der Waals surface area (Å²) in [6.45, 7) is 0. The summed E-state index contributed by atoms with van der Waals surface area (Å²) in [5.74, 6) is -4.12. The summed E-state index contributed by atoms with van der Waals surface area (Å²) < 4.78 is 0. The van der Waals surface area contributed by atoms with Crippen LogP contribution in [0.4, 0.5) is 0 Å². The predicted molar refractivity (Wildman–Crippen MR) is 57.3 cm³/mol. The van der Waals surface area contributed by atoms with E-state index in [9.17, 15) is 14.4 Å². The summed E-state index contributed by atoms with van der Waals surface area (Å²) in [6.07, 6.45) is 0. The minimum absolute atomic E-state index is 0. The van der Waals surface area contributed by atoms with Crippen LogP contribution in [0.1, 0.15) is 31.1 Å². The molecule has 0 amide bonds. The van der Waals surface area contributed by atoms with E-state index in [1.807, 2.05) is 0 Å². The fourth-order valence-electron chi connectivity index (χ4n) is 0.998. The van der Waals surface area contributed by atoms with Crippen LogP contribution in [0.3, 0.4) is 0 Å². The minimum atomic E-state index is -1.37. The van der Waals surface area contributed by atoms with Crippen LogP contribution in [-0.4, -0.2) is 50.6 Å². The first-order valence-corrected chi connectivity index (χ1v) is 3.77. The van der Waals surface area contributed by atoms with E-state index in [0.29, 0.717) is 0 Å². The molecule has 3 N–H and O–H groups in total. The largest absolute Gasteiger partial charge is 0.478 e. The van der Waals surface area contributed by atoms with Crippen LogP contribution >= 0.6 is 0 Å². The zero-order chi connectivity index (χ0) is 11.6. The summed E-state index contributed by atoms with van der Waals surface area (Å²) in [7, 11) is 0. The average molecular weight is 240 g/mol. The van der Waals surface area contributed by atoms with Crippen LogP contribution in [0, 0.1) is 0 Å². The smallest absolute Gasteiger partial charge is 0.335 e. The SMILES string of the molecule is O=C(O)c1cc(C(=O)O)cc(C(=O)O)c1.[AlH3]. The first-order chi connectivity index (χ1) is 6.91. The molecule has 16 heavy (non-hydrogen) atoms. The van der Waals surface area contributed by atoms with Crippen molar-refractivity contribution in [2.24, 2.45) is 0 Å². The molecule has 0 bridgehead atoms. The van der Waals surface area contributed by atoms with Gasteiger partial charge in [-0.3, -0.25) is 0 Å². The molecule has 6 nitrogen and oxygen atoms in total. The van der Waals surface area contributed by atoms with Gasteiger partial charge in [-0.15, -0.1) is 0 Å². The van der Waals surface area contributed by atoms with Gasteiger partial charge < -0.3 is 15.3 Å². The Morgan fingerprint density at radius 1 is 0.688 bits per heavy atom. The van der Waals surface area contributed by atoms with Crippen molar-refractivity contribution in [2.75, 3.05) is 0 Å². The number of carboxylic acids is 3. The van der Waals surface area contributed by atoms with Crippen molar-refractivity contribution in [3.63, 3.8) is 0 Å². The molecular weight excluding hydrogens is 231 g/mol. The highest BCUT2D eigenvalue weighted by Crippen LogP contribution is 2.11. The second kappa shape index (κ2) is 5.30. The third-order valence-corrected chi connectivity index (χ3v) is 1.67. The predicted octanol–water partition coefficient (Wildman–Crippen LogP) is -0.403. The fraction of sp³-hybridized carbons (Fsp3) is 0. The maximum atomic E-state index is 10.6. The highest BCUT2D eigenvalue weighted by atomic mass is 27.0. The highest BCUT2D eigenvalue weighted by molar-refractivity contribution is 5.98. The van der Waals surface area contributed by atoms with Crippen molar-refractivity contribution in [1.29, 1.82) is 0 Å². The van der Waals surface area contributed by atoms with Gasteiger partial charge in [0.1, 0.15) is 0 Å². The van der Waals surface area contributed by atoms with Crippen LogP contribution in [0.5, 0.6) is 0 Å². The third-order valence-electron chi connectivity index (χ3n) is 1.67. The molecule has 1 rings (SSSR count). The third kappa shape index (κ3) is 3.09. The summed E-state index contributed by atoms with van der Waals surface area (Å²) in [5, 5.41) is 25.8. The molecule has 7 heteroatoms. The molecule has 0 aliphatic carbocycles. The lowest BCUT2D eigenvalue weighted by atomic mass is 10.1. The number of benzene rings is 1. The summed E-state index contributed by atoms with van der Waals surface area (Å²) in [5.41, 5.74) is -1.10. The van der Waals surface area contributed by atoms with Crippen molar-refractivity contribution in [1.82, 2.24) is 0 Å². The number of hydrogen-bond acceptors (Lipinski definition) is 3. The molecule has 1 aromatic carbocycles. The summed E-state index contributed by atoms with van der Waals surface area (Å²) >= 11 is 0. The number of rotatable bonds is 3. The van der Waals surface area contributed by atoms with E-state index in [1.165, 1.54) is 0 Å². The van der Waals surface area contributed by atoms with Gasteiger partial charge in [-0.1, -0.05) is 0 Å². The molecule has 0 atom stereocenters. The number of hydrogen-bond donors (Lipinski definition) is 3. The number of carboxylic acid groups (broad SMARTS) is 3. The van der Waals surface area contributed by atoms with Gasteiger partial charge in [0.2, 0.25) is 0 Å². The maximum absolute atomic E-state index is 10.6. The van der Waals surface area contributed by atoms with Gasteiger partial charge in [-0.25, -0.2) is 14.4 Å². The van der Waals surface area contributed by atoms with Gasteiger partial charge in [0.15, 0.2) is 17.4 Å². The molecule has 1 aromatic rings. The first-order valence-electron chi connectivity index (χ1n) is 3.77. The minimum Gasteiger partial charge on any atom is -0.478 e. The van der Waals surface area contributed by atoms with Crippen molar-refractivity contribution in [3.8, 4) is 0 Å². The van der Waals surface area contributed by atoms with Crippen LogP contribution in [0.2, 0.25) is 0 Å². The maximum Gasteiger partial charge on any atom is 0.335 e. The van der Waals surface area contributed by atoms with Crippen LogP contribution in [0.25, 0.3) is 0 Å². The lowest BCUT2D eigenvalue weighted by Gasteiger charge is -2.00. The molecule has 0 fully saturated rings. The molecule has 0 heterocycles. The Bertz CT molecular complexity index is 374. The Morgan fingerprint density at radius 2 is 0.875 bits per heavy atom. The Morgan fingerprint density at radius 3 is 1.00 bits per heavy atom. The molecule has 0 saturated carbocycles. The molecule has 0 radical (unpaired) electrons. The van der Waals surface area contributed by atoms with Gasteiger partial charge in [0.25, 0.3) is 0 Å². The Balaban J connectivity index is 0.00000225. The van der Waals surface area contributed by atoms with Crippen molar-refractivity contribution in [2.45, 2.75) is 0 Å². The lowest BCUT2D eigenvalue weighted by molar-refractivity contribution is 0.0696. The second-order valence-corrected chi connectivity index (χ2v) is 2.71. The van der Waals surface area contributed by atoms with E-state index >= 15 is 0 Å². The van der Waals surface area contributed by atoms with Crippen LogP contribution < -0.4 is 0 Å². The topological polar surface area (TPSA) is 112 Å². The summed E-state index contributed by atoms with van der Waals surface area (Å²) in [4.78, 5) is 31.7. The van der Waals surface area contributed by atoms with Crippen molar-refractivity contribution in [3.05, 3.63) is 34.9 Å². The molecule has 0 unspecified atom stereocenters. The molecule has 0 aromatic heterocycles. The molecule has 84 valence electrons. The second-order valence-electron chi connectivity index (χ2n) is 2.71. The van der Waals surface area contributed by atoms with Gasteiger partial charge in [0.05, 0.1) is 16.7 Å². The number of carbonyl (C=O) groups is 3. The Hall–Kier alpha value is -1.84. The zero-order valence-electron chi connectivity index (χ0n) is 7.30. The van der Waals surface area contributed by atoms with E-state index < -0.39 is 17.9 Å². The fourth-order valence-corrected chi connectivity index (χ4v) is 0.998. The van der Waals surface area contributed by atoms with E-state index in [-0.39, 0.29) is 34.1 Å². The Kier molecular flexibility index (Phi) is 4.69. The first kappa shape index (κ1) is 14.2. The van der Waals surface area contributed by atoms with Gasteiger partial charge in [-0.05, 0) is 18.2 Å². The zero-order valence-corrected chi connectivity index (χ0v) is 7.30. The molecule has 0 spiro atoms. The highest BCUT2D eigenvalue weighted by Gasteiger charge is 2.14. The van der Waals surface area contributed by atoms with Gasteiger partial charge in [-0.2, -0.15) is 0 Å². The Labute approximate surface area is 100 Å².